The minimum Gasteiger partial charge on any atom is -0.374 e. The molecule has 3 saturated heterocycles. The summed E-state index contributed by atoms with van der Waals surface area (Å²) in [5.41, 5.74) is 2.34. The van der Waals surface area contributed by atoms with E-state index in [4.69, 9.17) is 0 Å². The number of carbonyl (C=O) groups excluding carboxylic acids is 2. The molecule has 0 radical (unpaired) electrons. The first-order valence-electron chi connectivity index (χ1n) is 10.8. The predicted molar refractivity (Wildman–Crippen MR) is 110 cm³/mol. The van der Waals surface area contributed by atoms with Crippen molar-refractivity contribution in [3.05, 3.63) is 29.8 Å². The molecular formula is C22H32N4O2. The van der Waals surface area contributed by atoms with Crippen molar-refractivity contribution >= 4 is 17.5 Å². The van der Waals surface area contributed by atoms with Crippen LogP contribution in [-0.4, -0.2) is 55.5 Å². The summed E-state index contributed by atoms with van der Waals surface area (Å²) in [6.45, 7) is 6.03. The summed E-state index contributed by atoms with van der Waals surface area (Å²) in [7, 11) is 0. The molecule has 152 valence electrons. The molecule has 3 heterocycles. The highest BCUT2D eigenvalue weighted by molar-refractivity contribution is 6.01. The third-order valence-corrected chi connectivity index (χ3v) is 6.52. The minimum atomic E-state index is -0.318. The van der Waals surface area contributed by atoms with Crippen molar-refractivity contribution in [2.24, 2.45) is 5.92 Å². The number of carbonyl (C=O) groups is 2. The van der Waals surface area contributed by atoms with Gasteiger partial charge in [-0.3, -0.25) is 14.9 Å². The second-order valence-electron chi connectivity index (χ2n) is 8.54. The van der Waals surface area contributed by atoms with Gasteiger partial charge in [-0.1, -0.05) is 12.1 Å². The second kappa shape index (κ2) is 9.05. The zero-order valence-corrected chi connectivity index (χ0v) is 16.6. The molecule has 6 nitrogen and oxygen atoms in total. The highest BCUT2D eigenvalue weighted by Crippen LogP contribution is 2.30. The molecule has 0 saturated carbocycles. The highest BCUT2D eigenvalue weighted by Gasteiger charge is 2.27. The topological polar surface area (TPSA) is 73.5 Å². The first-order chi connectivity index (χ1) is 13.7. The van der Waals surface area contributed by atoms with Crippen LogP contribution in [0.5, 0.6) is 0 Å². The fourth-order valence-electron chi connectivity index (χ4n) is 4.76. The lowest BCUT2D eigenvalue weighted by atomic mass is 9.88. The summed E-state index contributed by atoms with van der Waals surface area (Å²) in [5.74, 6) is 1.11. The molecule has 0 aliphatic carbocycles. The number of amides is 2. The van der Waals surface area contributed by atoms with E-state index in [1.165, 1.54) is 64.0 Å². The Morgan fingerprint density at radius 1 is 0.964 bits per heavy atom. The second-order valence-corrected chi connectivity index (χ2v) is 8.54. The van der Waals surface area contributed by atoms with Gasteiger partial charge in [0.2, 0.25) is 11.8 Å². The smallest absolute Gasteiger partial charge is 0.249 e. The number of likely N-dealkylation sites (tertiary alicyclic amines) is 1. The number of hydrogen-bond acceptors (Lipinski definition) is 5. The maximum atomic E-state index is 11.9. The molecule has 1 atom stereocenters. The number of imide groups is 1. The van der Waals surface area contributed by atoms with Gasteiger partial charge in [0.05, 0.1) is 0 Å². The van der Waals surface area contributed by atoms with E-state index in [-0.39, 0.29) is 17.9 Å². The average Bonchev–Trinajstić information content (AvgIpc) is 2.72. The van der Waals surface area contributed by atoms with E-state index in [0.29, 0.717) is 18.8 Å². The minimum absolute atomic E-state index is 0.176. The van der Waals surface area contributed by atoms with Gasteiger partial charge in [0.1, 0.15) is 6.04 Å². The lowest BCUT2D eigenvalue weighted by Crippen LogP contribution is -2.47. The van der Waals surface area contributed by atoms with Crippen LogP contribution in [0.4, 0.5) is 5.69 Å². The van der Waals surface area contributed by atoms with Crippen LogP contribution in [0.3, 0.4) is 0 Å². The zero-order chi connectivity index (χ0) is 19.3. The molecule has 1 aromatic rings. The first kappa shape index (κ1) is 19.4. The zero-order valence-electron chi connectivity index (χ0n) is 16.6. The van der Waals surface area contributed by atoms with E-state index >= 15 is 0 Å². The molecule has 1 unspecified atom stereocenters. The number of piperidine rings is 3. The van der Waals surface area contributed by atoms with Crippen LogP contribution in [0.1, 0.15) is 50.0 Å². The van der Waals surface area contributed by atoms with Crippen molar-refractivity contribution in [3.8, 4) is 0 Å². The molecular weight excluding hydrogens is 352 g/mol. The number of hydrogen-bond donors (Lipinski definition) is 3. The Morgan fingerprint density at radius 2 is 1.68 bits per heavy atom. The lowest BCUT2D eigenvalue weighted by Gasteiger charge is -2.35. The van der Waals surface area contributed by atoms with Gasteiger partial charge in [-0.05, 0) is 87.8 Å². The summed E-state index contributed by atoms with van der Waals surface area (Å²) < 4.78 is 0. The Labute approximate surface area is 167 Å². The van der Waals surface area contributed by atoms with E-state index < -0.39 is 0 Å². The average molecular weight is 385 g/mol. The van der Waals surface area contributed by atoms with Crippen LogP contribution in [0.2, 0.25) is 0 Å². The number of nitrogens with one attached hydrogen (secondary N) is 3. The molecule has 0 bridgehead atoms. The van der Waals surface area contributed by atoms with Gasteiger partial charge in [-0.2, -0.15) is 0 Å². The van der Waals surface area contributed by atoms with Gasteiger partial charge in [0, 0.05) is 18.7 Å². The third-order valence-electron chi connectivity index (χ3n) is 6.52. The SMILES string of the molecule is O=C1CCC(Nc2ccc(C3CCN(CC4CCNCC4)CC3)cc2)C(=O)N1. The normalized spacial score (nSPS) is 25.5. The molecule has 28 heavy (non-hydrogen) atoms. The van der Waals surface area contributed by atoms with Crippen LogP contribution in [0.15, 0.2) is 24.3 Å². The quantitative estimate of drug-likeness (QED) is 0.678. The molecule has 3 fully saturated rings. The highest BCUT2D eigenvalue weighted by atomic mass is 16.2. The molecule has 6 heteroatoms. The Kier molecular flexibility index (Phi) is 6.27. The summed E-state index contributed by atoms with van der Waals surface area (Å²) in [5, 5.41) is 9.11. The maximum absolute atomic E-state index is 11.9. The molecule has 3 aliphatic rings. The maximum Gasteiger partial charge on any atom is 0.249 e. The van der Waals surface area contributed by atoms with E-state index in [0.717, 1.165) is 11.6 Å². The van der Waals surface area contributed by atoms with Crippen LogP contribution in [0, 0.1) is 5.92 Å². The Bertz CT molecular complexity index is 676. The van der Waals surface area contributed by atoms with Crippen molar-refractivity contribution in [1.29, 1.82) is 0 Å². The number of anilines is 1. The van der Waals surface area contributed by atoms with Gasteiger partial charge in [-0.15, -0.1) is 0 Å². The van der Waals surface area contributed by atoms with Gasteiger partial charge in [-0.25, -0.2) is 0 Å². The molecule has 0 spiro atoms. The van der Waals surface area contributed by atoms with Crippen molar-refractivity contribution in [3.63, 3.8) is 0 Å². The van der Waals surface area contributed by atoms with E-state index in [9.17, 15) is 9.59 Å². The van der Waals surface area contributed by atoms with Crippen molar-refractivity contribution in [2.75, 3.05) is 38.0 Å². The molecule has 3 N–H and O–H groups in total. The Morgan fingerprint density at radius 3 is 2.36 bits per heavy atom. The van der Waals surface area contributed by atoms with Crippen LogP contribution in [-0.2, 0) is 9.59 Å². The fourth-order valence-corrected chi connectivity index (χ4v) is 4.76. The molecule has 2 amide bonds. The summed E-state index contributed by atoms with van der Waals surface area (Å²) in [6, 6.07) is 8.21. The summed E-state index contributed by atoms with van der Waals surface area (Å²) in [6.07, 6.45) is 6.05. The Hall–Kier alpha value is -1.92. The predicted octanol–water partition coefficient (Wildman–Crippen LogP) is 2.08. The third kappa shape index (κ3) is 4.92. The van der Waals surface area contributed by atoms with Gasteiger partial charge in [0.25, 0.3) is 0 Å². The summed E-state index contributed by atoms with van der Waals surface area (Å²) in [4.78, 5) is 25.8. The number of nitrogens with zero attached hydrogens (tertiary/aromatic N) is 1. The molecule has 3 aliphatic heterocycles. The summed E-state index contributed by atoms with van der Waals surface area (Å²) >= 11 is 0. The van der Waals surface area contributed by atoms with E-state index in [1.807, 2.05) is 0 Å². The fraction of sp³-hybridized carbons (Fsp3) is 0.636. The molecule has 1 aromatic carbocycles. The standard InChI is InChI=1S/C22H32N4O2/c27-21-6-5-20(22(28)25-21)24-19-3-1-17(2-4-19)18-9-13-26(14-10-18)15-16-7-11-23-12-8-16/h1-4,16,18,20,23-24H,5-15H2,(H,25,27,28). The molecule has 0 aromatic heterocycles. The van der Waals surface area contributed by atoms with Crippen molar-refractivity contribution in [1.82, 2.24) is 15.5 Å². The van der Waals surface area contributed by atoms with Crippen LogP contribution < -0.4 is 16.0 Å². The Balaban J connectivity index is 1.25. The monoisotopic (exact) mass is 384 g/mol. The van der Waals surface area contributed by atoms with E-state index in [1.54, 1.807) is 0 Å². The van der Waals surface area contributed by atoms with Crippen molar-refractivity contribution in [2.45, 2.75) is 50.5 Å². The van der Waals surface area contributed by atoms with Gasteiger partial charge >= 0.3 is 0 Å². The van der Waals surface area contributed by atoms with Crippen LogP contribution >= 0.6 is 0 Å². The van der Waals surface area contributed by atoms with Crippen molar-refractivity contribution < 1.29 is 9.59 Å². The number of benzene rings is 1. The van der Waals surface area contributed by atoms with Gasteiger partial charge < -0.3 is 15.5 Å². The first-order valence-corrected chi connectivity index (χ1v) is 10.8. The van der Waals surface area contributed by atoms with Crippen LogP contribution in [0.25, 0.3) is 0 Å². The largest absolute Gasteiger partial charge is 0.374 e. The lowest BCUT2D eigenvalue weighted by molar-refractivity contribution is -0.133. The number of rotatable bonds is 5. The van der Waals surface area contributed by atoms with Gasteiger partial charge in [0.15, 0.2) is 0 Å². The van der Waals surface area contributed by atoms with E-state index in [2.05, 4.69) is 45.1 Å². The molecule has 4 rings (SSSR count).